The molecule has 0 unspecified atom stereocenters. The van der Waals surface area contributed by atoms with E-state index in [1.165, 1.54) is 5.56 Å². The molecule has 3 aromatic rings. The van der Waals surface area contributed by atoms with Crippen LogP contribution in [0.4, 0.5) is 0 Å². The molecule has 4 heteroatoms. The van der Waals surface area contributed by atoms with Gasteiger partial charge in [0.25, 0.3) is 0 Å². The van der Waals surface area contributed by atoms with Crippen molar-refractivity contribution < 1.29 is 9.47 Å². The van der Waals surface area contributed by atoms with Gasteiger partial charge in [-0.1, -0.05) is 36.4 Å². The molecular weight excluding hydrogens is 348 g/mol. The number of methoxy groups -OCH3 is 1. The van der Waals surface area contributed by atoms with Crippen molar-refractivity contribution in [2.75, 3.05) is 33.9 Å². The number of likely N-dealkylation sites (tertiary alicyclic amines) is 1. The highest BCUT2D eigenvalue weighted by Gasteiger charge is 2.35. The maximum Gasteiger partial charge on any atom is 0.119 e. The van der Waals surface area contributed by atoms with Gasteiger partial charge in [0.15, 0.2) is 0 Å². The Bertz CT molecular complexity index is 918. The van der Waals surface area contributed by atoms with Crippen LogP contribution in [0.2, 0.25) is 0 Å². The average Bonchev–Trinajstić information content (AvgIpc) is 2.75. The molecule has 146 valence electrons. The van der Waals surface area contributed by atoms with E-state index in [0.717, 1.165) is 54.9 Å². The van der Waals surface area contributed by atoms with Crippen molar-refractivity contribution >= 4 is 10.9 Å². The van der Waals surface area contributed by atoms with Crippen LogP contribution in [0.5, 0.6) is 5.75 Å². The largest absolute Gasteiger partial charge is 0.497 e. The van der Waals surface area contributed by atoms with Gasteiger partial charge in [0, 0.05) is 10.8 Å². The highest BCUT2D eigenvalue weighted by Crippen LogP contribution is 2.35. The number of rotatable bonds is 6. The molecule has 2 aromatic carbocycles. The third kappa shape index (κ3) is 4.03. The summed E-state index contributed by atoms with van der Waals surface area (Å²) in [5, 5.41) is 1.08. The summed E-state index contributed by atoms with van der Waals surface area (Å²) in [6.07, 6.45) is 2.25. The molecule has 0 aliphatic carbocycles. The lowest BCUT2D eigenvalue weighted by atomic mass is 9.73. The van der Waals surface area contributed by atoms with Gasteiger partial charge in [-0.3, -0.25) is 4.98 Å². The number of piperidine rings is 1. The topological polar surface area (TPSA) is 34.6 Å². The van der Waals surface area contributed by atoms with Gasteiger partial charge in [0.2, 0.25) is 0 Å². The van der Waals surface area contributed by atoms with Crippen LogP contribution in [0.1, 0.15) is 24.1 Å². The second kappa shape index (κ2) is 8.29. The van der Waals surface area contributed by atoms with Crippen molar-refractivity contribution in [2.45, 2.75) is 24.9 Å². The first-order valence-corrected chi connectivity index (χ1v) is 9.94. The molecule has 4 rings (SSSR count). The number of ether oxygens (including phenoxy) is 2. The van der Waals surface area contributed by atoms with Crippen molar-refractivity contribution in [3.05, 3.63) is 71.9 Å². The maximum atomic E-state index is 6.24. The summed E-state index contributed by atoms with van der Waals surface area (Å²) >= 11 is 0. The van der Waals surface area contributed by atoms with Crippen molar-refractivity contribution in [1.29, 1.82) is 0 Å². The zero-order valence-electron chi connectivity index (χ0n) is 16.7. The van der Waals surface area contributed by atoms with Crippen molar-refractivity contribution in [3.8, 4) is 5.75 Å². The summed E-state index contributed by atoms with van der Waals surface area (Å²) in [6, 6.07) is 20.9. The standard InChI is InChI=1S/C24H28N2O2/c1-26-14-12-24(13-15-26,20-6-4-3-5-7-20)18-28-17-21-9-8-19-16-22(27-2)10-11-23(19)25-21/h3-11,16H,12-15,17-18H2,1-2H3. The molecule has 1 saturated heterocycles. The van der Waals surface area contributed by atoms with E-state index in [-0.39, 0.29) is 5.41 Å². The van der Waals surface area contributed by atoms with Crippen LogP contribution in [0.3, 0.4) is 0 Å². The first-order chi connectivity index (χ1) is 13.7. The molecule has 2 heterocycles. The van der Waals surface area contributed by atoms with Gasteiger partial charge in [-0.15, -0.1) is 0 Å². The minimum Gasteiger partial charge on any atom is -0.497 e. The molecule has 1 aliphatic rings. The molecule has 0 saturated carbocycles. The average molecular weight is 377 g/mol. The lowest BCUT2D eigenvalue weighted by Gasteiger charge is -2.41. The lowest BCUT2D eigenvalue weighted by Crippen LogP contribution is -2.43. The van der Waals surface area contributed by atoms with Crippen LogP contribution >= 0.6 is 0 Å². The Morgan fingerprint density at radius 2 is 1.79 bits per heavy atom. The summed E-state index contributed by atoms with van der Waals surface area (Å²) in [4.78, 5) is 7.16. The SMILES string of the molecule is COc1ccc2nc(COCC3(c4ccccc4)CCN(C)CC3)ccc2c1. The van der Waals surface area contributed by atoms with E-state index < -0.39 is 0 Å². The second-order valence-electron chi connectivity index (χ2n) is 7.80. The first kappa shape index (κ1) is 18.9. The van der Waals surface area contributed by atoms with Gasteiger partial charge in [-0.25, -0.2) is 0 Å². The van der Waals surface area contributed by atoms with Crippen molar-refractivity contribution in [3.63, 3.8) is 0 Å². The van der Waals surface area contributed by atoms with E-state index in [1.807, 2.05) is 24.3 Å². The first-order valence-electron chi connectivity index (χ1n) is 9.94. The maximum absolute atomic E-state index is 6.24. The van der Waals surface area contributed by atoms with Crippen LogP contribution in [0.15, 0.2) is 60.7 Å². The van der Waals surface area contributed by atoms with Gasteiger partial charge in [-0.05, 0) is 62.8 Å². The van der Waals surface area contributed by atoms with Gasteiger partial charge in [0.1, 0.15) is 5.75 Å². The Balaban J connectivity index is 1.47. The van der Waals surface area contributed by atoms with Crippen LogP contribution in [0.25, 0.3) is 10.9 Å². The smallest absolute Gasteiger partial charge is 0.119 e. The molecular formula is C24H28N2O2. The van der Waals surface area contributed by atoms with Crippen LogP contribution < -0.4 is 4.74 Å². The highest BCUT2D eigenvalue weighted by atomic mass is 16.5. The zero-order chi connectivity index (χ0) is 19.4. The molecule has 1 fully saturated rings. The van der Waals surface area contributed by atoms with Gasteiger partial charge in [0.05, 0.1) is 31.5 Å². The fraction of sp³-hybridized carbons (Fsp3) is 0.375. The van der Waals surface area contributed by atoms with E-state index >= 15 is 0 Å². The summed E-state index contributed by atoms with van der Waals surface area (Å²) in [6.45, 7) is 3.47. The second-order valence-corrected chi connectivity index (χ2v) is 7.80. The molecule has 1 aliphatic heterocycles. The highest BCUT2D eigenvalue weighted by molar-refractivity contribution is 5.80. The predicted molar refractivity (Wildman–Crippen MR) is 113 cm³/mol. The molecule has 1 aromatic heterocycles. The van der Waals surface area contributed by atoms with E-state index in [2.05, 4.69) is 48.3 Å². The van der Waals surface area contributed by atoms with Crippen LogP contribution in [0, 0.1) is 0 Å². The van der Waals surface area contributed by atoms with Crippen LogP contribution in [-0.2, 0) is 16.8 Å². The summed E-state index contributed by atoms with van der Waals surface area (Å²) in [7, 11) is 3.88. The minimum atomic E-state index is 0.0952. The third-order valence-corrected chi connectivity index (χ3v) is 5.91. The summed E-state index contributed by atoms with van der Waals surface area (Å²) in [5.41, 5.74) is 3.42. The molecule has 0 N–H and O–H groups in total. The normalized spacial score (nSPS) is 16.9. The Morgan fingerprint density at radius 3 is 2.54 bits per heavy atom. The number of hydrogen-bond acceptors (Lipinski definition) is 4. The number of benzene rings is 2. The Labute approximate surface area is 167 Å². The number of aromatic nitrogens is 1. The predicted octanol–water partition coefficient (Wildman–Crippen LogP) is 4.42. The lowest BCUT2D eigenvalue weighted by molar-refractivity contribution is 0.0395. The summed E-state index contributed by atoms with van der Waals surface area (Å²) < 4.78 is 11.5. The molecule has 4 nitrogen and oxygen atoms in total. The Hall–Kier alpha value is -2.43. The number of fused-ring (bicyclic) bond motifs is 1. The van der Waals surface area contributed by atoms with Crippen LogP contribution in [-0.4, -0.2) is 43.7 Å². The molecule has 0 radical (unpaired) electrons. The molecule has 28 heavy (non-hydrogen) atoms. The quantitative estimate of drug-likeness (QED) is 0.638. The monoisotopic (exact) mass is 376 g/mol. The van der Waals surface area contributed by atoms with E-state index in [0.29, 0.717) is 6.61 Å². The van der Waals surface area contributed by atoms with Crippen molar-refractivity contribution in [2.24, 2.45) is 0 Å². The fourth-order valence-electron chi connectivity index (χ4n) is 4.06. The van der Waals surface area contributed by atoms with Gasteiger partial charge >= 0.3 is 0 Å². The molecule has 0 atom stereocenters. The molecule has 0 amide bonds. The van der Waals surface area contributed by atoms with E-state index in [9.17, 15) is 0 Å². The van der Waals surface area contributed by atoms with Crippen molar-refractivity contribution in [1.82, 2.24) is 9.88 Å². The number of nitrogens with zero attached hydrogens (tertiary/aromatic N) is 2. The van der Waals surface area contributed by atoms with Gasteiger partial charge in [-0.2, -0.15) is 0 Å². The minimum absolute atomic E-state index is 0.0952. The fourth-order valence-corrected chi connectivity index (χ4v) is 4.06. The Morgan fingerprint density at radius 1 is 1.00 bits per heavy atom. The Kier molecular flexibility index (Phi) is 5.60. The van der Waals surface area contributed by atoms with E-state index in [4.69, 9.17) is 14.5 Å². The third-order valence-electron chi connectivity index (χ3n) is 5.91. The number of pyridine rings is 1. The van der Waals surface area contributed by atoms with Gasteiger partial charge < -0.3 is 14.4 Å². The zero-order valence-corrected chi connectivity index (χ0v) is 16.7. The summed E-state index contributed by atoms with van der Waals surface area (Å²) in [5.74, 6) is 0.852. The van der Waals surface area contributed by atoms with E-state index in [1.54, 1.807) is 7.11 Å². The number of hydrogen-bond donors (Lipinski definition) is 0. The molecule has 0 spiro atoms. The molecule has 0 bridgehead atoms.